The maximum absolute atomic E-state index is 12.8. The molecule has 1 aliphatic rings. The van der Waals surface area contributed by atoms with E-state index in [9.17, 15) is 10.1 Å². The van der Waals surface area contributed by atoms with E-state index >= 15 is 0 Å². The fraction of sp³-hybridized carbons (Fsp3) is 0.478. The van der Waals surface area contributed by atoms with Gasteiger partial charge in [0.05, 0.1) is 12.1 Å². The number of nitrogens with zero attached hydrogens (tertiary/aromatic N) is 3. The standard InChI is InChI=1S/C23H29ClN4O/c1-16-17(2)28(20-10-5-4-6-11-20)23(21(16)13-25)26-22(29)15-27(3)14-18-8-7-9-19(24)12-18/h7-9,12,20H,4-6,10-11,14-15H2,1-3H3,(H,26,29). The van der Waals surface area contributed by atoms with Crippen LogP contribution in [0.3, 0.4) is 0 Å². The fourth-order valence-corrected chi connectivity index (χ4v) is 4.52. The van der Waals surface area contributed by atoms with Gasteiger partial charge in [0.25, 0.3) is 0 Å². The Morgan fingerprint density at radius 2 is 2.03 bits per heavy atom. The lowest BCUT2D eigenvalue weighted by molar-refractivity contribution is -0.117. The minimum atomic E-state index is -0.111. The van der Waals surface area contributed by atoms with Crippen LogP contribution in [-0.4, -0.2) is 29.0 Å². The van der Waals surface area contributed by atoms with Crippen molar-refractivity contribution >= 4 is 23.3 Å². The third-order valence-electron chi connectivity index (χ3n) is 5.82. The van der Waals surface area contributed by atoms with Crippen LogP contribution in [0.1, 0.15) is 60.5 Å². The zero-order valence-electron chi connectivity index (χ0n) is 17.5. The Hall–Kier alpha value is -2.29. The van der Waals surface area contributed by atoms with Gasteiger partial charge in [-0.1, -0.05) is 43.0 Å². The Kier molecular flexibility index (Phi) is 7.00. The monoisotopic (exact) mass is 412 g/mol. The molecule has 1 fully saturated rings. The molecule has 1 aromatic carbocycles. The molecule has 0 radical (unpaired) electrons. The summed E-state index contributed by atoms with van der Waals surface area (Å²) in [5, 5.41) is 13.5. The van der Waals surface area contributed by atoms with Gasteiger partial charge in [0.1, 0.15) is 11.9 Å². The van der Waals surface area contributed by atoms with Crippen LogP contribution in [0.2, 0.25) is 5.02 Å². The van der Waals surface area contributed by atoms with Gasteiger partial charge in [-0.25, -0.2) is 0 Å². The van der Waals surface area contributed by atoms with Crippen molar-refractivity contribution < 1.29 is 4.79 Å². The van der Waals surface area contributed by atoms with Gasteiger partial charge in [-0.2, -0.15) is 5.26 Å². The number of nitriles is 1. The number of likely N-dealkylation sites (N-methyl/N-ethyl adjacent to an activating group) is 1. The summed E-state index contributed by atoms with van der Waals surface area (Å²) in [5.41, 5.74) is 3.68. The van der Waals surface area contributed by atoms with Crippen LogP contribution in [0.4, 0.5) is 5.82 Å². The molecule has 6 heteroatoms. The number of rotatable bonds is 6. The minimum Gasteiger partial charge on any atom is -0.327 e. The van der Waals surface area contributed by atoms with E-state index < -0.39 is 0 Å². The summed E-state index contributed by atoms with van der Waals surface area (Å²) in [7, 11) is 1.91. The molecule has 3 rings (SSSR count). The molecular formula is C23H29ClN4O. The second-order valence-electron chi connectivity index (χ2n) is 8.06. The van der Waals surface area contributed by atoms with Crippen molar-refractivity contribution in [2.75, 3.05) is 18.9 Å². The van der Waals surface area contributed by atoms with Crippen molar-refractivity contribution in [3.05, 3.63) is 51.7 Å². The molecule has 0 saturated heterocycles. The molecule has 0 spiro atoms. The summed E-state index contributed by atoms with van der Waals surface area (Å²) in [5.74, 6) is 0.552. The lowest BCUT2D eigenvalue weighted by atomic mass is 9.95. The number of aromatic nitrogens is 1. The molecular weight excluding hydrogens is 384 g/mol. The largest absolute Gasteiger partial charge is 0.327 e. The third-order valence-corrected chi connectivity index (χ3v) is 6.06. The highest BCUT2D eigenvalue weighted by atomic mass is 35.5. The summed E-state index contributed by atoms with van der Waals surface area (Å²) in [6, 6.07) is 10.3. The Morgan fingerprint density at radius 3 is 2.69 bits per heavy atom. The Morgan fingerprint density at radius 1 is 1.31 bits per heavy atom. The van der Waals surface area contributed by atoms with E-state index in [2.05, 4.69) is 16.0 Å². The second kappa shape index (κ2) is 9.47. The SMILES string of the molecule is Cc1c(C#N)c(NC(=O)CN(C)Cc2cccc(Cl)c2)n(C2CCCCC2)c1C. The van der Waals surface area contributed by atoms with Crippen LogP contribution >= 0.6 is 11.6 Å². The number of hydrogen-bond donors (Lipinski definition) is 1. The number of carbonyl (C=O) groups excluding carboxylic acids is 1. The first-order chi connectivity index (χ1) is 13.9. The molecule has 0 bridgehead atoms. The normalized spacial score (nSPS) is 14.8. The van der Waals surface area contributed by atoms with Gasteiger partial charge in [0, 0.05) is 23.3 Å². The number of carbonyl (C=O) groups is 1. The quantitative estimate of drug-likeness (QED) is 0.708. The highest BCUT2D eigenvalue weighted by Gasteiger charge is 2.26. The maximum atomic E-state index is 12.8. The lowest BCUT2D eigenvalue weighted by Crippen LogP contribution is -2.31. The van der Waals surface area contributed by atoms with Crippen LogP contribution < -0.4 is 5.32 Å². The summed E-state index contributed by atoms with van der Waals surface area (Å²) in [6.07, 6.45) is 5.84. The molecule has 29 heavy (non-hydrogen) atoms. The first kappa shape index (κ1) is 21.4. The van der Waals surface area contributed by atoms with Gasteiger partial charge < -0.3 is 9.88 Å². The second-order valence-corrected chi connectivity index (χ2v) is 8.49. The van der Waals surface area contributed by atoms with E-state index in [0.29, 0.717) is 29.0 Å². The molecule has 1 heterocycles. The number of hydrogen-bond acceptors (Lipinski definition) is 3. The molecule has 1 N–H and O–H groups in total. The third kappa shape index (κ3) is 5.01. The summed E-state index contributed by atoms with van der Waals surface area (Å²) >= 11 is 6.05. The predicted molar refractivity (Wildman–Crippen MR) is 117 cm³/mol. The minimum absolute atomic E-state index is 0.111. The van der Waals surface area contributed by atoms with Crippen molar-refractivity contribution in [2.45, 2.75) is 58.5 Å². The summed E-state index contributed by atoms with van der Waals surface area (Å²) in [6.45, 7) is 4.88. The molecule has 154 valence electrons. The average Bonchev–Trinajstić information content (AvgIpc) is 2.91. The first-order valence-corrected chi connectivity index (χ1v) is 10.6. The van der Waals surface area contributed by atoms with Gasteiger partial charge in [0.2, 0.25) is 5.91 Å². The molecule has 0 unspecified atom stereocenters. The summed E-state index contributed by atoms with van der Waals surface area (Å²) < 4.78 is 2.20. The highest BCUT2D eigenvalue weighted by Crippen LogP contribution is 2.36. The molecule has 2 aromatic rings. The Bertz CT molecular complexity index is 922. The van der Waals surface area contributed by atoms with Gasteiger partial charge in [-0.15, -0.1) is 0 Å². The zero-order chi connectivity index (χ0) is 21.0. The predicted octanol–water partition coefficient (Wildman–Crippen LogP) is 5.21. The van der Waals surface area contributed by atoms with Crippen molar-refractivity contribution in [2.24, 2.45) is 0 Å². The van der Waals surface area contributed by atoms with Gasteiger partial charge in [0.15, 0.2) is 0 Å². The summed E-state index contributed by atoms with van der Waals surface area (Å²) in [4.78, 5) is 14.7. The van der Waals surface area contributed by atoms with E-state index in [-0.39, 0.29) is 12.5 Å². The van der Waals surface area contributed by atoms with Gasteiger partial charge >= 0.3 is 0 Å². The first-order valence-electron chi connectivity index (χ1n) is 10.2. The molecule has 1 saturated carbocycles. The molecule has 1 aromatic heterocycles. The van der Waals surface area contributed by atoms with E-state index in [0.717, 1.165) is 29.7 Å². The van der Waals surface area contributed by atoms with E-state index in [1.165, 1.54) is 19.3 Å². The molecule has 0 atom stereocenters. The van der Waals surface area contributed by atoms with Crippen molar-refractivity contribution in [1.82, 2.24) is 9.47 Å². The van der Waals surface area contributed by atoms with Crippen molar-refractivity contribution in [3.63, 3.8) is 0 Å². The number of amides is 1. The van der Waals surface area contributed by atoms with E-state index in [1.807, 2.05) is 50.1 Å². The van der Waals surface area contributed by atoms with Crippen LogP contribution in [0, 0.1) is 25.2 Å². The van der Waals surface area contributed by atoms with Crippen LogP contribution in [0.15, 0.2) is 24.3 Å². The highest BCUT2D eigenvalue weighted by molar-refractivity contribution is 6.30. The number of halogens is 1. The van der Waals surface area contributed by atoms with Crippen LogP contribution in [-0.2, 0) is 11.3 Å². The van der Waals surface area contributed by atoms with Gasteiger partial charge in [-0.05, 0) is 57.0 Å². The van der Waals surface area contributed by atoms with Crippen molar-refractivity contribution in [1.29, 1.82) is 5.26 Å². The smallest absolute Gasteiger partial charge is 0.239 e. The number of nitrogens with one attached hydrogen (secondary N) is 1. The van der Waals surface area contributed by atoms with Crippen molar-refractivity contribution in [3.8, 4) is 6.07 Å². The molecule has 5 nitrogen and oxygen atoms in total. The Balaban J connectivity index is 1.75. The average molecular weight is 413 g/mol. The zero-order valence-corrected chi connectivity index (χ0v) is 18.2. The van der Waals surface area contributed by atoms with Crippen LogP contribution in [0.25, 0.3) is 0 Å². The van der Waals surface area contributed by atoms with Gasteiger partial charge in [-0.3, -0.25) is 9.69 Å². The molecule has 1 amide bonds. The lowest BCUT2D eigenvalue weighted by Gasteiger charge is -2.27. The Labute approximate surface area is 178 Å². The van der Waals surface area contributed by atoms with Crippen LogP contribution in [0.5, 0.6) is 0 Å². The maximum Gasteiger partial charge on any atom is 0.239 e. The molecule has 0 aliphatic heterocycles. The number of anilines is 1. The van der Waals surface area contributed by atoms with E-state index in [1.54, 1.807) is 0 Å². The topological polar surface area (TPSA) is 61.1 Å². The molecule has 1 aliphatic carbocycles. The fourth-order valence-electron chi connectivity index (χ4n) is 4.30. The van der Waals surface area contributed by atoms with E-state index in [4.69, 9.17) is 11.6 Å². The number of benzene rings is 1.